The fourth-order valence-electron chi connectivity index (χ4n) is 1.74. The molecule has 7 heteroatoms. The summed E-state index contributed by atoms with van der Waals surface area (Å²) in [6, 6.07) is 0. The maximum Gasteiger partial charge on any atom is 0.343 e. The molecule has 20 heavy (non-hydrogen) atoms. The van der Waals surface area contributed by atoms with Gasteiger partial charge in [-0.2, -0.15) is 11.8 Å². The molecule has 0 radical (unpaired) electrons. The molecule has 1 amide bonds. The van der Waals surface area contributed by atoms with Crippen LogP contribution in [0.15, 0.2) is 0 Å². The molecule has 0 aliphatic rings. The lowest BCUT2D eigenvalue weighted by Crippen LogP contribution is -2.61. The summed E-state index contributed by atoms with van der Waals surface area (Å²) in [5.74, 6) is -1.25. The van der Waals surface area contributed by atoms with Gasteiger partial charge in [0, 0.05) is 6.92 Å². The van der Waals surface area contributed by atoms with Crippen molar-refractivity contribution >= 4 is 29.6 Å². The van der Waals surface area contributed by atoms with Crippen LogP contribution in [0.25, 0.3) is 0 Å². The minimum absolute atomic E-state index is 0.127. The first kappa shape index (κ1) is 18.8. The zero-order chi connectivity index (χ0) is 15.6. The van der Waals surface area contributed by atoms with E-state index < -0.39 is 23.4 Å². The van der Waals surface area contributed by atoms with Crippen molar-refractivity contribution in [2.75, 3.05) is 25.2 Å². The molecule has 0 bridgehead atoms. The monoisotopic (exact) mass is 305 g/mol. The number of carbonyl (C=O) groups excluding carboxylic acids is 3. The number of carbonyl (C=O) groups is 3. The van der Waals surface area contributed by atoms with Crippen LogP contribution in [0.3, 0.4) is 0 Å². The zero-order valence-corrected chi connectivity index (χ0v) is 13.3. The van der Waals surface area contributed by atoms with Crippen LogP contribution in [0, 0.1) is 0 Å². The van der Waals surface area contributed by atoms with Gasteiger partial charge in [0.15, 0.2) is 0 Å². The minimum atomic E-state index is -1.74. The van der Waals surface area contributed by atoms with Crippen LogP contribution in [0.1, 0.15) is 33.6 Å². The van der Waals surface area contributed by atoms with Gasteiger partial charge in [0.25, 0.3) is 0 Å². The molecule has 0 aliphatic carbocycles. The number of hydrogen-bond acceptors (Lipinski definition) is 6. The number of amides is 1. The highest BCUT2D eigenvalue weighted by Gasteiger charge is 2.49. The Morgan fingerprint density at radius 2 is 1.60 bits per heavy atom. The average Bonchev–Trinajstić information content (AvgIpc) is 2.37. The summed E-state index contributed by atoms with van der Waals surface area (Å²) in [6.07, 6.45) is 2.67. The van der Waals surface area contributed by atoms with Crippen LogP contribution < -0.4 is 5.32 Å². The fraction of sp³-hybridized carbons (Fsp3) is 0.769. The second-order valence-electron chi connectivity index (χ2n) is 4.12. The maximum absolute atomic E-state index is 12.2. The number of nitrogens with one attached hydrogen (secondary N) is 1. The first-order chi connectivity index (χ1) is 9.44. The second-order valence-corrected chi connectivity index (χ2v) is 5.11. The Bertz CT molecular complexity index is 328. The zero-order valence-electron chi connectivity index (χ0n) is 12.5. The van der Waals surface area contributed by atoms with Crippen molar-refractivity contribution in [3.8, 4) is 0 Å². The molecule has 116 valence electrons. The van der Waals surface area contributed by atoms with E-state index in [2.05, 4.69) is 5.32 Å². The second kappa shape index (κ2) is 9.63. The minimum Gasteiger partial charge on any atom is -0.464 e. The Balaban J connectivity index is 5.31. The van der Waals surface area contributed by atoms with Crippen molar-refractivity contribution in [1.82, 2.24) is 5.32 Å². The summed E-state index contributed by atoms with van der Waals surface area (Å²) in [5, 5.41) is 2.42. The Kier molecular flexibility index (Phi) is 9.03. The third kappa shape index (κ3) is 5.40. The van der Waals surface area contributed by atoms with Crippen molar-refractivity contribution in [2.24, 2.45) is 0 Å². The molecular weight excluding hydrogens is 282 g/mol. The van der Waals surface area contributed by atoms with Crippen LogP contribution >= 0.6 is 11.8 Å². The highest BCUT2D eigenvalue weighted by Crippen LogP contribution is 2.19. The average molecular weight is 305 g/mol. The van der Waals surface area contributed by atoms with Gasteiger partial charge >= 0.3 is 11.9 Å². The predicted molar refractivity (Wildman–Crippen MR) is 77.4 cm³/mol. The highest BCUT2D eigenvalue weighted by molar-refractivity contribution is 7.98. The van der Waals surface area contributed by atoms with Crippen molar-refractivity contribution in [2.45, 2.75) is 39.2 Å². The van der Waals surface area contributed by atoms with Gasteiger partial charge in [0.2, 0.25) is 11.4 Å². The van der Waals surface area contributed by atoms with Gasteiger partial charge < -0.3 is 14.8 Å². The molecule has 0 aromatic carbocycles. The SMILES string of the molecule is CCOC(=O)C(CCCSC)(NC(C)=O)C(=O)OCC. The Morgan fingerprint density at radius 3 is 1.95 bits per heavy atom. The van der Waals surface area contributed by atoms with E-state index in [9.17, 15) is 14.4 Å². The van der Waals surface area contributed by atoms with E-state index in [1.54, 1.807) is 25.6 Å². The Labute approximate surface area is 124 Å². The van der Waals surface area contributed by atoms with Crippen molar-refractivity contribution < 1.29 is 23.9 Å². The summed E-state index contributed by atoms with van der Waals surface area (Å²) in [6.45, 7) is 4.79. The molecule has 1 N–H and O–H groups in total. The summed E-state index contributed by atoms with van der Waals surface area (Å²) in [5.41, 5.74) is -1.74. The standard InChI is InChI=1S/C13H23NO5S/c1-5-18-11(16)13(14-10(3)15,8-7-9-20-4)12(17)19-6-2/h5-9H2,1-4H3,(H,14,15). The molecule has 0 aliphatic heterocycles. The summed E-state index contributed by atoms with van der Waals surface area (Å²) < 4.78 is 9.89. The van der Waals surface area contributed by atoms with Crippen molar-refractivity contribution in [3.63, 3.8) is 0 Å². The third-order valence-corrected chi connectivity index (χ3v) is 3.23. The quantitative estimate of drug-likeness (QED) is 0.391. The molecule has 0 aromatic rings. The van der Waals surface area contributed by atoms with Crippen molar-refractivity contribution in [1.29, 1.82) is 0 Å². The van der Waals surface area contributed by atoms with Gasteiger partial charge in [-0.05, 0) is 38.7 Å². The first-order valence-corrected chi connectivity index (χ1v) is 7.96. The predicted octanol–water partition coefficient (Wildman–Crippen LogP) is 1.13. The van der Waals surface area contributed by atoms with E-state index >= 15 is 0 Å². The third-order valence-electron chi connectivity index (χ3n) is 2.54. The molecule has 0 saturated carbocycles. The van der Waals surface area contributed by atoms with Gasteiger partial charge in [-0.25, -0.2) is 9.59 Å². The van der Waals surface area contributed by atoms with Crippen LogP contribution in [-0.4, -0.2) is 48.6 Å². The number of hydrogen-bond donors (Lipinski definition) is 1. The molecule has 0 aromatic heterocycles. The molecule has 0 heterocycles. The molecule has 0 fully saturated rings. The normalized spacial score (nSPS) is 10.8. The Morgan fingerprint density at radius 1 is 1.10 bits per heavy atom. The van der Waals surface area contributed by atoms with Crippen LogP contribution in [0.5, 0.6) is 0 Å². The van der Waals surface area contributed by atoms with E-state index in [0.717, 1.165) is 5.75 Å². The molecule has 0 atom stereocenters. The van der Waals surface area contributed by atoms with E-state index in [-0.39, 0.29) is 19.6 Å². The molecule has 0 rings (SSSR count). The van der Waals surface area contributed by atoms with E-state index in [4.69, 9.17) is 9.47 Å². The van der Waals surface area contributed by atoms with Crippen LogP contribution in [0.4, 0.5) is 0 Å². The molecular formula is C13H23NO5S. The lowest BCUT2D eigenvalue weighted by Gasteiger charge is -2.29. The van der Waals surface area contributed by atoms with E-state index in [0.29, 0.717) is 6.42 Å². The van der Waals surface area contributed by atoms with Gasteiger partial charge in [-0.15, -0.1) is 0 Å². The number of thioether (sulfide) groups is 1. The highest BCUT2D eigenvalue weighted by atomic mass is 32.2. The number of esters is 2. The van der Waals surface area contributed by atoms with Gasteiger partial charge in [0.1, 0.15) is 0 Å². The molecule has 0 unspecified atom stereocenters. The lowest BCUT2D eigenvalue weighted by atomic mass is 9.93. The summed E-state index contributed by atoms with van der Waals surface area (Å²) >= 11 is 1.59. The smallest absolute Gasteiger partial charge is 0.343 e. The van der Waals surface area contributed by atoms with Gasteiger partial charge in [-0.1, -0.05) is 0 Å². The van der Waals surface area contributed by atoms with Gasteiger partial charge in [0.05, 0.1) is 13.2 Å². The van der Waals surface area contributed by atoms with Crippen molar-refractivity contribution in [3.05, 3.63) is 0 Å². The first-order valence-electron chi connectivity index (χ1n) is 6.56. The van der Waals surface area contributed by atoms with E-state index in [1.807, 2.05) is 6.26 Å². The largest absolute Gasteiger partial charge is 0.464 e. The summed E-state index contributed by atoms with van der Waals surface area (Å²) in [7, 11) is 0. The summed E-state index contributed by atoms with van der Waals surface area (Å²) in [4.78, 5) is 35.7. The molecule has 6 nitrogen and oxygen atoms in total. The topological polar surface area (TPSA) is 81.7 Å². The van der Waals surface area contributed by atoms with Crippen LogP contribution in [0.2, 0.25) is 0 Å². The fourth-order valence-corrected chi connectivity index (χ4v) is 2.18. The lowest BCUT2D eigenvalue weighted by molar-refractivity contribution is -0.168. The van der Waals surface area contributed by atoms with Crippen LogP contribution in [-0.2, 0) is 23.9 Å². The Hall–Kier alpha value is -1.24. The number of rotatable bonds is 9. The molecule has 0 spiro atoms. The van der Waals surface area contributed by atoms with E-state index in [1.165, 1.54) is 6.92 Å². The number of ether oxygens (including phenoxy) is 2. The maximum atomic E-state index is 12.2. The van der Waals surface area contributed by atoms with Gasteiger partial charge in [-0.3, -0.25) is 4.79 Å². The molecule has 0 saturated heterocycles.